The number of carboxylic acids is 1. The van der Waals surface area contributed by atoms with Crippen LogP contribution in [0.2, 0.25) is 5.02 Å². The molecule has 196 valence electrons. The Kier molecular flexibility index (Phi) is 7.87. The van der Waals surface area contributed by atoms with Gasteiger partial charge in [0.1, 0.15) is 11.6 Å². The lowest BCUT2D eigenvalue weighted by molar-refractivity contribution is -0.142. The number of carbonyl (C=O) groups is 1. The largest absolute Gasteiger partial charge is 0.481 e. The van der Waals surface area contributed by atoms with E-state index in [0.717, 1.165) is 10.8 Å². The van der Waals surface area contributed by atoms with Crippen LogP contribution >= 0.6 is 11.6 Å². The lowest BCUT2D eigenvalue weighted by Crippen LogP contribution is -2.46. The van der Waals surface area contributed by atoms with Crippen molar-refractivity contribution in [2.75, 3.05) is 5.32 Å². The van der Waals surface area contributed by atoms with E-state index in [2.05, 4.69) is 15.3 Å². The molecular formula is C26H23ClFN5O5. The summed E-state index contributed by atoms with van der Waals surface area (Å²) in [5.74, 6) is -2.04. The molecule has 12 heteroatoms. The Morgan fingerprint density at radius 3 is 2.37 bits per heavy atom. The van der Waals surface area contributed by atoms with Gasteiger partial charge in [-0.25, -0.2) is 23.5 Å². The van der Waals surface area contributed by atoms with E-state index in [1.54, 1.807) is 48.5 Å². The molecular weight excluding hydrogens is 517 g/mol. The minimum absolute atomic E-state index is 0.0322. The molecule has 38 heavy (non-hydrogen) atoms. The fourth-order valence-corrected chi connectivity index (χ4v) is 3.70. The first kappa shape index (κ1) is 26.6. The van der Waals surface area contributed by atoms with Crippen LogP contribution in [0.1, 0.15) is 25.5 Å². The highest BCUT2D eigenvalue weighted by Gasteiger charge is 2.26. The second-order valence-corrected chi connectivity index (χ2v) is 8.95. The number of halogens is 2. The fourth-order valence-electron chi connectivity index (χ4n) is 3.57. The molecule has 0 saturated carbocycles. The zero-order chi connectivity index (χ0) is 27.4. The minimum Gasteiger partial charge on any atom is -0.481 e. The minimum atomic E-state index is -1.15. The lowest BCUT2D eigenvalue weighted by Gasteiger charge is -2.21. The fraction of sp³-hybridized carbons (Fsp3) is 0.192. The monoisotopic (exact) mass is 539 g/mol. The first-order valence-electron chi connectivity index (χ1n) is 11.5. The third-order valence-electron chi connectivity index (χ3n) is 5.91. The third-order valence-corrected chi connectivity index (χ3v) is 6.16. The van der Waals surface area contributed by atoms with Crippen LogP contribution in [0.25, 0.3) is 0 Å². The van der Waals surface area contributed by atoms with Gasteiger partial charge in [0.2, 0.25) is 11.8 Å². The number of nitrogens with one attached hydrogen (secondary N) is 1. The van der Waals surface area contributed by atoms with Crippen LogP contribution in [-0.2, 0) is 11.3 Å². The highest BCUT2D eigenvalue weighted by Crippen LogP contribution is 2.23. The maximum absolute atomic E-state index is 13.5. The maximum Gasteiger partial charge on any atom is 0.355 e. The summed E-state index contributed by atoms with van der Waals surface area (Å²) in [7, 11) is 0. The van der Waals surface area contributed by atoms with Gasteiger partial charge in [-0.1, -0.05) is 23.7 Å². The Hall–Kier alpha value is -4.51. The first-order valence-corrected chi connectivity index (χ1v) is 11.9. The molecule has 4 rings (SSSR count). The lowest BCUT2D eigenvalue weighted by atomic mass is 10.0. The van der Waals surface area contributed by atoms with Crippen molar-refractivity contribution >= 4 is 29.2 Å². The van der Waals surface area contributed by atoms with Crippen molar-refractivity contribution in [2.24, 2.45) is 5.92 Å². The predicted molar refractivity (Wildman–Crippen MR) is 139 cm³/mol. The molecule has 0 aliphatic rings. The summed E-state index contributed by atoms with van der Waals surface area (Å²) in [6.45, 7) is 2.94. The van der Waals surface area contributed by atoms with Crippen LogP contribution in [0, 0.1) is 11.7 Å². The highest BCUT2D eigenvalue weighted by atomic mass is 35.5. The third kappa shape index (κ3) is 6.06. The zero-order valence-electron chi connectivity index (χ0n) is 20.3. The van der Waals surface area contributed by atoms with Crippen molar-refractivity contribution < 1.29 is 19.0 Å². The van der Waals surface area contributed by atoms with Crippen molar-refractivity contribution in [1.82, 2.24) is 19.1 Å². The van der Waals surface area contributed by atoms with Gasteiger partial charge in [-0.2, -0.15) is 4.98 Å². The average Bonchev–Trinajstić information content (AvgIpc) is 2.89. The summed E-state index contributed by atoms with van der Waals surface area (Å²) in [6, 6.07) is 15.0. The van der Waals surface area contributed by atoms with E-state index in [9.17, 15) is 23.9 Å². The second-order valence-electron chi connectivity index (χ2n) is 8.52. The summed E-state index contributed by atoms with van der Waals surface area (Å²) < 4.78 is 20.7. The number of carboxylic acid groups (broad SMARTS) is 1. The number of ether oxygens (including phenoxy) is 1. The number of hydrogen-bond donors (Lipinski definition) is 2. The van der Waals surface area contributed by atoms with Gasteiger partial charge < -0.3 is 15.2 Å². The summed E-state index contributed by atoms with van der Waals surface area (Å²) in [4.78, 5) is 45.8. The molecule has 2 heterocycles. The number of benzene rings is 2. The Morgan fingerprint density at radius 1 is 1.08 bits per heavy atom. The molecule has 0 aliphatic carbocycles. The van der Waals surface area contributed by atoms with Crippen LogP contribution < -0.4 is 21.4 Å². The van der Waals surface area contributed by atoms with Gasteiger partial charge in [-0.15, -0.1) is 0 Å². The summed E-state index contributed by atoms with van der Waals surface area (Å²) in [6.07, 6.45) is 1.04. The quantitative estimate of drug-likeness (QED) is 0.319. The van der Waals surface area contributed by atoms with Crippen LogP contribution in [0.5, 0.6) is 11.6 Å². The molecule has 0 radical (unpaired) electrons. The molecule has 10 nitrogen and oxygen atoms in total. The van der Waals surface area contributed by atoms with Crippen LogP contribution in [-0.4, -0.2) is 30.2 Å². The van der Waals surface area contributed by atoms with Crippen molar-refractivity contribution in [3.05, 3.63) is 104 Å². The predicted octanol–water partition coefficient (Wildman–Crippen LogP) is 4.46. The molecule has 2 N–H and O–H groups in total. The Bertz CT molecular complexity index is 1550. The van der Waals surface area contributed by atoms with Gasteiger partial charge in [-0.3, -0.25) is 9.36 Å². The van der Waals surface area contributed by atoms with Gasteiger partial charge in [-0.05, 0) is 61.9 Å². The van der Waals surface area contributed by atoms with E-state index >= 15 is 0 Å². The molecule has 0 unspecified atom stereocenters. The highest BCUT2D eigenvalue weighted by molar-refractivity contribution is 6.30. The maximum atomic E-state index is 13.5. The molecule has 2 atom stereocenters. The molecule has 2 aromatic heterocycles. The van der Waals surface area contributed by atoms with E-state index in [4.69, 9.17) is 16.3 Å². The molecule has 0 spiro atoms. The van der Waals surface area contributed by atoms with Crippen LogP contribution in [0.4, 0.5) is 16.0 Å². The Balaban J connectivity index is 1.68. The van der Waals surface area contributed by atoms with E-state index in [-0.39, 0.29) is 18.4 Å². The number of aliphatic carboxylic acids is 1. The number of hydrogen-bond acceptors (Lipinski definition) is 7. The topological polar surface area (TPSA) is 128 Å². The van der Waals surface area contributed by atoms with Crippen molar-refractivity contribution in [2.45, 2.75) is 26.4 Å². The van der Waals surface area contributed by atoms with Gasteiger partial charge >= 0.3 is 17.3 Å². The SMILES string of the molecule is C[C@@H](C(=O)O)[C@H](C)n1c(=O)nc(Nc2ccc(Oc3ccc(F)cn3)cc2)n(Cc2ccc(Cl)cc2)c1=O. The van der Waals surface area contributed by atoms with Crippen molar-refractivity contribution in [3.63, 3.8) is 0 Å². The summed E-state index contributed by atoms with van der Waals surface area (Å²) in [5, 5.41) is 12.9. The Labute approximate surface area is 221 Å². The molecule has 4 aromatic rings. The molecule has 0 amide bonds. The molecule has 0 saturated heterocycles. The number of pyridine rings is 1. The standard InChI is InChI=1S/C26H23ClFN5O5/c1-15(23(34)35)16(2)33-25(36)31-24(32(26(33)37)14-17-3-5-18(27)6-4-17)30-20-8-10-21(11-9-20)38-22-12-7-19(28)13-29-22/h3-13,15-16H,14H2,1-2H3,(H,34,35)(H,30,31,36)/t15-,16+/m1/s1. The first-order chi connectivity index (χ1) is 18.1. The van der Waals surface area contributed by atoms with E-state index in [0.29, 0.717) is 22.0 Å². The number of aromatic nitrogens is 4. The van der Waals surface area contributed by atoms with E-state index in [1.807, 2.05) is 0 Å². The zero-order valence-corrected chi connectivity index (χ0v) is 21.1. The van der Waals surface area contributed by atoms with E-state index < -0.39 is 35.1 Å². The molecule has 2 aromatic carbocycles. The van der Waals surface area contributed by atoms with Crippen LogP contribution in [0.3, 0.4) is 0 Å². The summed E-state index contributed by atoms with van der Waals surface area (Å²) >= 11 is 5.98. The van der Waals surface area contributed by atoms with Gasteiger partial charge in [0.25, 0.3) is 0 Å². The van der Waals surface area contributed by atoms with E-state index in [1.165, 1.54) is 30.5 Å². The number of rotatable bonds is 9. The average molecular weight is 540 g/mol. The summed E-state index contributed by atoms with van der Waals surface area (Å²) in [5.41, 5.74) is -0.399. The molecule has 0 aliphatic heterocycles. The number of nitrogens with zero attached hydrogens (tertiary/aromatic N) is 4. The normalized spacial score (nSPS) is 12.5. The van der Waals surface area contributed by atoms with Crippen LogP contribution in [0.15, 0.2) is 76.4 Å². The molecule has 0 fully saturated rings. The molecule has 0 bridgehead atoms. The van der Waals surface area contributed by atoms with Gasteiger partial charge in [0, 0.05) is 16.8 Å². The smallest absolute Gasteiger partial charge is 0.355 e. The number of anilines is 2. The van der Waals surface area contributed by atoms with Crippen molar-refractivity contribution in [3.8, 4) is 11.6 Å². The van der Waals surface area contributed by atoms with Gasteiger partial charge in [0.05, 0.1) is 24.7 Å². The van der Waals surface area contributed by atoms with Gasteiger partial charge in [0.15, 0.2) is 0 Å². The van der Waals surface area contributed by atoms with Crippen molar-refractivity contribution in [1.29, 1.82) is 0 Å². The second kappa shape index (κ2) is 11.3. The Morgan fingerprint density at radius 2 is 1.76 bits per heavy atom.